The number of rotatable bonds is 4. The highest BCUT2D eigenvalue weighted by molar-refractivity contribution is 5.26. The molecule has 1 aromatic rings. The summed E-state index contributed by atoms with van der Waals surface area (Å²) in [5.41, 5.74) is 7.40. The molecule has 0 spiro atoms. The lowest BCUT2D eigenvalue weighted by Gasteiger charge is -2.20. The fourth-order valence-electron chi connectivity index (χ4n) is 1.18. The molecule has 1 heterocycles. The van der Waals surface area contributed by atoms with Crippen LogP contribution < -0.4 is 11.1 Å². The van der Waals surface area contributed by atoms with E-state index >= 15 is 0 Å². The molecule has 0 amide bonds. The molecule has 1 rings (SSSR count). The quantitative estimate of drug-likeness (QED) is 0.770. The van der Waals surface area contributed by atoms with Crippen molar-refractivity contribution >= 4 is 5.95 Å². The van der Waals surface area contributed by atoms with Crippen LogP contribution in [0.15, 0.2) is 0 Å². The van der Waals surface area contributed by atoms with Crippen LogP contribution in [0.3, 0.4) is 0 Å². The lowest BCUT2D eigenvalue weighted by atomic mass is 10.1. The van der Waals surface area contributed by atoms with Gasteiger partial charge < -0.3 is 11.1 Å². The van der Waals surface area contributed by atoms with Crippen LogP contribution in [0.25, 0.3) is 0 Å². The number of hydrogen-bond acceptors (Lipinski definition) is 5. The first-order chi connectivity index (χ1) is 7.04. The van der Waals surface area contributed by atoms with Crippen LogP contribution in [-0.2, 0) is 0 Å². The van der Waals surface area contributed by atoms with Gasteiger partial charge >= 0.3 is 0 Å². The molecule has 15 heavy (non-hydrogen) atoms. The number of anilines is 1. The highest BCUT2D eigenvalue weighted by Gasteiger charge is 2.12. The molecular weight excluding hydrogens is 190 g/mol. The van der Waals surface area contributed by atoms with E-state index in [0.29, 0.717) is 18.4 Å². The van der Waals surface area contributed by atoms with Crippen molar-refractivity contribution in [2.45, 2.75) is 33.7 Å². The molecule has 0 aromatic carbocycles. The van der Waals surface area contributed by atoms with Gasteiger partial charge in [-0.2, -0.15) is 5.10 Å². The zero-order valence-corrected chi connectivity index (χ0v) is 9.78. The molecule has 1 atom stereocenters. The molecule has 0 saturated carbocycles. The topological polar surface area (TPSA) is 76.7 Å². The van der Waals surface area contributed by atoms with Crippen molar-refractivity contribution in [2.75, 3.05) is 11.9 Å². The fraction of sp³-hybridized carbons (Fsp3) is 0.700. The molecule has 0 saturated heterocycles. The molecule has 3 N–H and O–H groups in total. The first-order valence-corrected chi connectivity index (χ1v) is 5.19. The van der Waals surface area contributed by atoms with Crippen LogP contribution in [0.5, 0.6) is 0 Å². The van der Waals surface area contributed by atoms with Gasteiger partial charge in [0.05, 0.1) is 11.4 Å². The van der Waals surface area contributed by atoms with Crippen molar-refractivity contribution in [1.82, 2.24) is 15.2 Å². The summed E-state index contributed by atoms with van der Waals surface area (Å²) in [5, 5.41) is 11.2. The molecule has 5 nitrogen and oxygen atoms in total. The van der Waals surface area contributed by atoms with E-state index in [1.54, 1.807) is 0 Å². The Morgan fingerprint density at radius 2 is 1.87 bits per heavy atom. The van der Waals surface area contributed by atoms with Crippen LogP contribution in [-0.4, -0.2) is 27.8 Å². The van der Waals surface area contributed by atoms with Gasteiger partial charge in [-0.1, -0.05) is 13.8 Å². The smallest absolute Gasteiger partial charge is 0.243 e. The molecule has 1 unspecified atom stereocenters. The summed E-state index contributed by atoms with van der Waals surface area (Å²) < 4.78 is 0. The lowest BCUT2D eigenvalue weighted by Crippen LogP contribution is -2.34. The summed E-state index contributed by atoms with van der Waals surface area (Å²) in [7, 11) is 0. The Labute approximate surface area is 90.5 Å². The summed E-state index contributed by atoms with van der Waals surface area (Å²) in [4.78, 5) is 4.30. The number of nitrogens with zero attached hydrogens (tertiary/aromatic N) is 3. The SMILES string of the molecule is Cc1nnc(NC(CN)C(C)C)nc1C. The number of aryl methyl sites for hydroxylation is 2. The number of nitrogens with two attached hydrogens (primary N) is 1. The van der Waals surface area contributed by atoms with Gasteiger partial charge in [0.25, 0.3) is 0 Å². The second-order valence-corrected chi connectivity index (χ2v) is 4.04. The Bertz CT molecular complexity index is 324. The Hall–Kier alpha value is -1.23. The van der Waals surface area contributed by atoms with Crippen LogP contribution in [0.4, 0.5) is 5.95 Å². The molecule has 0 aliphatic rings. The van der Waals surface area contributed by atoms with Gasteiger partial charge in [0.2, 0.25) is 5.95 Å². The Kier molecular flexibility index (Phi) is 3.96. The largest absolute Gasteiger partial charge is 0.349 e. The van der Waals surface area contributed by atoms with Gasteiger partial charge in [-0.05, 0) is 19.8 Å². The van der Waals surface area contributed by atoms with Crippen LogP contribution in [0.1, 0.15) is 25.2 Å². The third-order valence-electron chi connectivity index (χ3n) is 2.47. The molecular formula is C10H19N5. The summed E-state index contributed by atoms with van der Waals surface area (Å²) >= 11 is 0. The number of hydrogen-bond donors (Lipinski definition) is 2. The van der Waals surface area contributed by atoms with Crippen molar-refractivity contribution in [2.24, 2.45) is 11.7 Å². The molecule has 5 heteroatoms. The summed E-state index contributed by atoms with van der Waals surface area (Å²) in [6.07, 6.45) is 0. The molecule has 0 radical (unpaired) electrons. The second kappa shape index (κ2) is 5.02. The van der Waals surface area contributed by atoms with E-state index in [-0.39, 0.29) is 6.04 Å². The molecule has 0 aliphatic carbocycles. The van der Waals surface area contributed by atoms with Gasteiger partial charge in [-0.3, -0.25) is 0 Å². The Morgan fingerprint density at radius 1 is 1.20 bits per heavy atom. The van der Waals surface area contributed by atoms with E-state index in [2.05, 4.69) is 34.3 Å². The zero-order valence-electron chi connectivity index (χ0n) is 9.78. The van der Waals surface area contributed by atoms with E-state index in [4.69, 9.17) is 5.73 Å². The highest BCUT2D eigenvalue weighted by Crippen LogP contribution is 2.08. The first-order valence-electron chi connectivity index (χ1n) is 5.19. The van der Waals surface area contributed by atoms with Gasteiger partial charge in [-0.25, -0.2) is 4.98 Å². The minimum absolute atomic E-state index is 0.189. The molecule has 1 aromatic heterocycles. The monoisotopic (exact) mass is 209 g/mol. The normalized spacial score (nSPS) is 12.9. The highest BCUT2D eigenvalue weighted by atomic mass is 15.2. The zero-order chi connectivity index (χ0) is 11.4. The maximum atomic E-state index is 5.65. The standard InChI is InChI=1S/C10H19N5/c1-6(2)9(5-11)13-10-12-7(3)8(4)14-15-10/h6,9H,5,11H2,1-4H3,(H,12,13,15). The van der Waals surface area contributed by atoms with E-state index < -0.39 is 0 Å². The van der Waals surface area contributed by atoms with E-state index in [1.165, 1.54) is 0 Å². The summed E-state index contributed by atoms with van der Waals surface area (Å²) in [5.74, 6) is 1.00. The second-order valence-electron chi connectivity index (χ2n) is 4.04. The predicted octanol–water partition coefficient (Wildman–Crippen LogP) is 0.884. The van der Waals surface area contributed by atoms with E-state index in [0.717, 1.165) is 11.4 Å². The van der Waals surface area contributed by atoms with Gasteiger partial charge in [0, 0.05) is 12.6 Å². The van der Waals surface area contributed by atoms with Crippen molar-refractivity contribution < 1.29 is 0 Å². The molecule has 0 fully saturated rings. The summed E-state index contributed by atoms with van der Waals surface area (Å²) in [6.45, 7) is 8.59. The van der Waals surface area contributed by atoms with E-state index in [1.807, 2.05) is 13.8 Å². The lowest BCUT2D eigenvalue weighted by molar-refractivity contribution is 0.527. The molecule has 0 aliphatic heterocycles. The Morgan fingerprint density at radius 3 is 2.33 bits per heavy atom. The van der Waals surface area contributed by atoms with Crippen molar-refractivity contribution in [1.29, 1.82) is 0 Å². The average Bonchev–Trinajstić information content (AvgIpc) is 2.19. The molecule has 0 bridgehead atoms. The maximum Gasteiger partial charge on any atom is 0.243 e. The summed E-state index contributed by atoms with van der Waals surface area (Å²) in [6, 6.07) is 0.189. The number of aromatic nitrogens is 3. The van der Waals surface area contributed by atoms with Crippen LogP contribution in [0.2, 0.25) is 0 Å². The third kappa shape index (κ3) is 3.13. The van der Waals surface area contributed by atoms with Crippen molar-refractivity contribution in [3.63, 3.8) is 0 Å². The minimum atomic E-state index is 0.189. The van der Waals surface area contributed by atoms with E-state index in [9.17, 15) is 0 Å². The maximum absolute atomic E-state index is 5.65. The van der Waals surface area contributed by atoms with Crippen LogP contribution >= 0.6 is 0 Å². The van der Waals surface area contributed by atoms with Crippen LogP contribution in [0, 0.1) is 19.8 Å². The molecule has 84 valence electrons. The Balaban J connectivity index is 2.75. The number of nitrogens with one attached hydrogen (secondary N) is 1. The van der Waals surface area contributed by atoms with Gasteiger partial charge in [0.15, 0.2) is 0 Å². The minimum Gasteiger partial charge on any atom is -0.349 e. The predicted molar refractivity (Wildman–Crippen MR) is 60.6 cm³/mol. The van der Waals surface area contributed by atoms with Gasteiger partial charge in [0.1, 0.15) is 0 Å². The fourth-order valence-corrected chi connectivity index (χ4v) is 1.18. The van der Waals surface area contributed by atoms with Crippen molar-refractivity contribution in [3.05, 3.63) is 11.4 Å². The van der Waals surface area contributed by atoms with Gasteiger partial charge in [-0.15, -0.1) is 5.10 Å². The third-order valence-corrected chi connectivity index (χ3v) is 2.47. The average molecular weight is 209 g/mol. The first kappa shape index (κ1) is 11.8. The van der Waals surface area contributed by atoms with Crippen molar-refractivity contribution in [3.8, 4) is 0 Å².